The van der Waals surface area contributed by atoms with Crippen molar-refractivity contribution in [2.75, 3.05) is 25.5 Å². The average Bonchev–Trinajstić information content (AvgIpc) is 3.47. The number of carbonyl (C=O) groups is 3. The van der Waals surface area contributed by atoms with Gasteiger partial charge in [-0.25, -0.2) is 4.79 Å². The molecule has 0 aliphatic carbocycles. The van der Waals surface area contributed by atoms with Gasteiger partial charge in [0.15, 0.2) is 0 Å². The van der Waals surface area contributed by atoms with Crippen molar-refractivity contribution >= 4 is 46.0 Å². The first kappa shape index (κ1) is 34.0. The SMILES string of the molecule is C[C@@H](c1c[nH]c2ccccc12)[C@H](NC(=O)[C@@](O)(OC(=O)C(F)(F)F)c1ccccc1)C(=O)N1c2ccccc2C[C@H](CN(C)C)[C@H]1Cl. The second-order valence-electron chi connectivity index (χ2n) is 11.9. The van der Waals surface area contributed by atoms with Crippen LogP contribution in [0.4, 0.5) is 18.9 Å². The smallest absolute Gasteiger partial charge is 0.412 e. The highest BCUT2D eigenvalue weighted by Crippen LogP contribution is 2.39. The van der Waals surface area contributed by atoms with Gasteiger partial charge in [-0.2, -0.15) is 13.2 Å². The van der Waals surface area contributed by atoms with Crippen molar-refractivity contribution in [2.24, 2.45) is 5.92 Å². The highest BCUT2D eigenvalue weighted by Gasteiger charge is 2.52. The number of amides is 2. The van der Waals surface area contributed by atoms with Gasteiger partial charge in [-0.15, -0.1) is 0 Å². The van der Waals surface area contributed by atoms with Crippen molar-refractivity contribution in [1.82, 2.24) is 15.2 Å². The van der Waals surface area contributed by atoms with Crippen molar-refractivity contribution in [3.05, 3.63) is 102 Å². The van der Waals surface area contributed by atoms with Crippen molar-refractivity contribution in [3.63, 3.8) is 0 Å². The maximum absolute atomic E-state index is 14.8. The molecule has 4 aromatic rings. The summed E-state index contributed by atoms with van der Waals surface area (Å²) in [6.45, 7) is 2.20. The molecule has 1 aliphatic heterocycles. The second kappa shape index (κ2) is 13.4. The number of nitrogens with one attached hydrogen (secondary N) is 2. The number of hydrogen-bond donors (Lipinski definition) is 3. The van der Waals surface area contributed by atoms with Gasteiger partial charge in [0.05, 0.1) is 0 Å². The fourth-order valence-corrected chi connectivity index (χ4v) is 6.40. The van der Waals surface area contributed by atoms with E-state index in [4.69, 9.17) is 11.6 Å². The molecule has 0 bridgehead atoms. The number of ether oxygens (including phenoxy) is 1. The maximum Gasteiger partial charge on any atom is 0.491 e. The van der Waals surface area contributed by atoms with E-state index in [1.807, 2.05) is 49.3 Å². The van der Waals surface area contributed by atoms with E-state index in [0.717, 1.165) is 28.6 Å². The monoisotopic (exact) mass is 670 g/mol. The first-order valence-corrected chi connectivity index (χ1v) is 15.3. The standard InChI is InChI=1S/C34H34ClF3N4O5/c1-20(25-18-39-26-15-9-8-14-24(25)26)28(30(43)42-27-16-10-7-11-21(27)17-22(29(42)35)19-41(2)3)40-31(44)33(46,23-12-5-4-6-13-23)47-32(45)34(36,37)38/h4-16,18,20,22,28-29,39,46H,17,19H2,1-3H3,(H,40,44)/t20-,22+,28-,29-,33-/m0/s1. The van der Waals surface area contributed by atoms with Crippen LogP contribution < -0.4 is 10.2 Å². The highest BCUT2D eigenvalue weighted by molar-refractivity contribution is 6.25. The van der Waals surface area contributed by atoms with Crippen LogP contribution >= 0.6 is 11.6 Å². The molecule has 47 heavy (non-hydrogen) atoms. The topological polar surface area (TPSA) is 115 Å². The van der Waals surface area contributed by atoms with Crippen molar-refractivity contribution < 1.29 is 37.4 Å². The number of anilines is 1. The summed E-state index contributed by atoms with van der Waals surface area (Å²) in [4.78, 5) is 47.2. The molecule has 0 saturated carbocycles. The predicted molar refractivity (Wildman–Crippen MR) is 170 cm³/mol. The largest absolute Gasteiger partial charge is 0.491 e. The number of aliphatic hydroxyl groups is 1. The van der Waals surface area contributed by atoms with Crippen LogP contribution in [0.15, 0.2) is 85.1 Å². The lowest BCUT2D eigenvalue weighted by Crippen LogP contribution is -2.60. The van der Waals surface area contributed by atoms with Gasteiger partial charge >= 0.3 is 17.9 Å². The number of H-pyrrole nitrogens is 1. The van der Waals surface area contributed by atoms with E-state index in [9.17, 15) is 32.7 Å². The minimum Gasteiger partial charge on any atom is -0.412 e. The van der Waals surface area contributed by atoms with Crippen LogP contribution in [-0.4, -0.2) is 71.1 Å². The van der Waals surface area contributed by atoms with E-state index in [1.165, 1.54) is 23.1 Å². The van der Waals surface area contributed by atoms with Crippen molar-refractivity contribution in [1.29, 1.82) is 0 Å². The summed E-state index contributed by atoms with van der Waals surface area (Å²) in [6, 6.07) is 19.4. The number of aromatic nitrogens is 1. The van der Waals surface area contributed by atoms with Gasteiger partial charge < -0.3 is 25.0 Å². The van der Waals surface area contributed by atoms with Gasteiger partial charge in [-0.1, -0.05) is 85.3 Å². The number of para-hydroxylation sites is 2. The lowest BCUT2D eigenvalue weighted by atomic mass is 9.88. The molecule has 2 amide bonds. The molecule has 1 aliphatic rings. The zero-order valence-corrected chi connectivity index (χ0v) is 26.5. The Hall–Kier alpha value is -4.39. The van der Waals surface area contributed by atoms with Crippen LogP contribution in [0.2, 0.25) is 0 Å². The highest BCUT2D eigenvalue weighted by atomic mass is 35.5. The molecule has 5 atom stereocenters. The van der Waals surface area contributed by atoms with E-state index in [0.29, 0.717) is 24.2 Å². The summed E-state index contributed by atoms with van der Waals surface area (Å²) in [6.07, 6.45) is -3.28. The number of nitrogens with zero attached hydrogens (tertiary/aromatic N) is 2. The van der Waals surface area contributed by atoms with Crippen LogP contribution in [-0.2, 0) is 31.3 Å². The van der Waals surface area contributed by atoms with Crippen LogP contribution in [0.25, 0.3) is 10.9 Å². The zero-order valence-electron chi connectivity index (χ0n) is 25.8. The van der Waals surface area contributed by atoms with E-state index < -0.39 is 52.8 Å². The molecule has 0 spiro atoms. The molecule has 13 heteroatoms. The summed E-state index contributed by atoms with van der Waals surface area (Å²) in [5, 5.41) is 14.6. The number of aromatic amines is 1. The number of rotatable bonds is 9. The number of benzene rings is 3. The molecule has 0 saturated heterocycles. The Labute approximate surface area is 274 Å². The number of esters is 1. The molecule has 2 heterocycles. The number of alkyl halides is 4. The van der Waals surface area contributed by atoms with Gasteiger partial charge in [0, 0.05) is 46.7 Å². The molecular weight excluding hydrogens is 637 g/mol. The van der Waals surface area contributed by atoms with Crippen molar-refractivity contribution in [2.45, 2.75) is 42.8 Å². The lowest BCUT2D eigenvalue weighted by Gasteiger charge is -2.42. The Bertz CT molecular complexity index is 1770. The van der Waals surface area contributed by atoms with E-state index in [2.05, 4.69) is 15.0 Å². The first-order chi connectivity index (χ1) is 22.2. The van der Waals surface area contributed by atoms with Gasteiger partial charge in [0.25, 0.3) is 11.8 Å². The third-order valence-corrected chi connectivity index (χ3v) is 8.87. The summed E-state index contributed by atoms with van der Waals surface area (Å²) >= 11 is 7.04. The van der Waals surface area contributed by atoms with Crippen LogP contribution in [0.5, 0.6) is 0 Å². The number of fused-ring (bicyclic) bond motifs is 2. The van der Waals surface area contributed by atoms with E-state index in [-0.39, 0.29) is 5.92 Å². The summed E-state index contributed by atoms with van der Waals surface area (Å²) in [7, 11) is 3.76. The number of halogens is 4. The Morgan fingerprint density at radius 3 is 2.36 bits per heavy atom. The second-order valence-corrected chi connectivity index (χ2v) is 12.3. The molecule has 248 valence electrons. The molecule has 0 unspecified atom stereocenters. The Kier molecular flexibility index (Phi) is 9.67. The van der Waals surface area contributed by atoms with Gasteiger partial charge in [0.1, 0.15) is 11.5 Å². The molecule has 9 nitrogen and oxygen atoms in total. The summed E-state index contributed by atoms with van der Waals surface area (Å²) in [5.74, 6) is -9.51. The van der Waals surface area contributed by atoms with E-state index >= 15 is 0 Å². The third kappa shape index (κ3) is 6.85. The van der Waals surface area contributed by atoms with Gasteiger partial charge in [-0.05, 0) is 43.8 Å². The molecule has 0 fully saturated rings. The van der Waals surface area contributed by atoms with Crippen molar-refractivity contribution in [3.8, 4) is 0 Å². The summed E-state index contributed by atoms with van der Waals surface area (Å²) < 4.78 is 44.6. The van der Waals surface area contributed by atoms with Gasteiger partial charge in [-0.3, -0.25) is 14.5 Å². The van der Waals surface area contributed by atoms with Crippen LogP contribution in [0.3, 0.4) is 0 Å². The molecule has 3 aromatic carbocycles. The van der Waals surface area contributed by atoms with Crippen LogP contribution in [0, 0.1) is 5.92 Å². The zero-order chi connectivity index (χ0) is 34.1. The number of hydrogen-bond acceptors (Lipinski definition) is 6. The van der Waals surface area contributed by atoms with Gasteiger partial charge in [0.2, 0.25) is 0 Å². The Balaban J connectivity index is 1.61. The molecular formula is C34H34ClF3N4O5. The Morgan fingerprint density at radius 1 is 1.04 bits per heavy atom. The minimum absolute atomic E-state index is 0.223. The normalized spacial score (nSPS) is 19.0. The fraction of sp³-hybridized carbons (Fsp3) is 0.324. The Morgan fingerprint density at radius 2 is 1.68 bits per heavy atom. The molecule has 3 N–H and O–H groups in total. The third-order valence-electron chi connectivity index (χ3n) is 8.32. The minimum atomic E-state index is -5.53. The predicted octanol–water partition coefficient (Wildman–Crippen LogP) is 5.04. The number of carbonyl (C=O) groups excluding carboxylic acids is 3. The molecule has 0 radical (unpaired) electrons. The maximum atomic E-state index is 14.8. The fourth-order valence-electron chi connectivity index (χ4n) is 6.03. The van der Waals surface area contributed by atoms with Crippen LogP contribution in [0.1, 0.15) is 29.5 Å². The molecule has 5 rings (SSSR count). The first-order valence-electron chi connectivity index (χ1n) is 14.9. The average molecular weight is 671 g/mol. The molecule has 1 aromatic heterocycles. The van der Waals surface area contributed by atoms with E-state index in [1.54, 1.807) is 31.3 Å². The quantitative estimate of drug-likeness (QED) is 0.0996. The lowest BCUT2D eigenvalue weighted by molar-refractivity contribution is -0.247. The summed E-state index contributed by atoms with van der Waals surface area (Å²) in [5.41, 5.74) is 1.39.